The number of alkyl halides is 2. The van der Waals surface area contributed by atoms with Gasteiger partial charge in [-0.15, -0.1) is 0 Å². The molecule has 0 bridgehead atoms. The van der Waals surface area contributed by atoms with Crippen LogP contribution in [0, 0.1) is 0 Å². The average molecular weight is 233 g/mol. The molecule has 1 saturated heterocycles. The zero-order valence-corrected chi connectivity index (χ0v) is 9.18. The third kappa shape index (κ3) is 2.70. The van der Waals surface area contributed by atoms with E-state index in [1.807, 2.05) is 0 Å². The first-order valence-corrected chi connectivity index (χ1v) is 5.90. The van der Waals surface area contributed by atoms with Crippen LogP contribution in [0.4, 0.5) is 8.78 Å². The predicted molar refractivity (Wildman–Crippen MR) is 54.3 cm³/mol. The Labute approximate surface area is 93.5 Å². The lowest BCUT2D eigenvalue weighted by atomic mass is 9.95. The van der Waals surface area contributed by atoms with Crippen LogP contribution in [0.1, 0.15) is 38.5 Å². The molecule has 2 aliphatic rings. The van der Waals surface area contributed by atoms with Crippen molar-refractivity contribution in [2.75, 3.05) is 6.54 Å². The van der Waals surface area contributed by atoms with E-state index in [-0.39, 0.29) is 0 Å². The molecule has 0 aromatic rings. The molecule has 2 fully saturated rings. The van der Waals surface area contributed by atoms with Gasteiger partial charge in [0.15, 0.2) is 0 Å². The van der Waals surface area contributed by atoms with Crippen molar-refractivity contribution >= 4 is 5.97 Å². The van der Waals surface area contributed by atoms with Crippen LogP contribution < -0.4 is 5.32 Å². The number of ether oxygens (including phenoxy) is 1. The van der Waals surface area contributed by atoms with Gasteiger partial charge in [-0.3, -0.25) is 0 Å². The molecule has 2 rings (SSSR count). The minimum Gasteiger partial charge on any atom is -0.456 e. The first-order chi connectivity index (χ1) is 7.58. The van der Waals surface area contributed by atoms with Crippen LogP contribution in [0.25, 0.3) is 0 Å². The highest BCUT2D eigenvalue weighted by Gasteiger charge is 2.50. The molecule has 1 unspecified atom stereocenters. The van der Waals surface area contributed by atoms with Gasteiger partial charge in [0.05, 0.1) is 6.42 Å². The summed E-state index contributed by atoms with van der Waals surface area (Å²) >= 11 is 0. The van der Waals surface area contributed by atoms with E-state index < -0.39 is 24.4 Å². The highest BCUT2D eigenvalue weighted by molar-refractivity contribution is 5.79. The maximum absolute atomic E-state index is 12.9. The number of esters is 1. The zero-order chi connectivity index (χ0) is 11.6. The van der Waals surface area contributed by atoms with E-state index in [0.29, 0.717) is 12.6 Å². The summed E-state index contributed by atoms with van der Waals surface area (Å²) < 4.78 is 30.3. The SMILES string of the molecule is O=C1OC(CNC2CCCCC2)CC1(F)F. The summed E-state index contributed by atoms with van der Waals surface area (Å²) in [4.78, 5) is 10.8. The molecule has 0 aromatic heterocycles. The summed E-state index contributed by atoms with van der Waals surface area (Å²) in [5.74, 6) is -4.65. The molecule has 0 spiro atoms. The highest BCUT2D eigenvalue weighted by Crippen LogP contribution is 2.30. The maximum atomic E-state index is 12.9. The van der Waals surface area contributed by atoms with E-state index in [4.69, 9.17) is 0 Å². The molecule has 1 aliphatic heterocycles. The number of carbonyl (C=O) groups is 1. The third-order valence-electron chi connectivity index (χ3n) is 3.30. The molecule has 1 heterocycles. The summed E-state index contributed by atoms with van der Waals surface area (Å²) in [5, 5.41) is 3.21. The molecular weight excluding hydrogens is 216 g/mol. The third-order valence-corrected chi connectivity index (χ3v) is 3.30. The van der Waals surface area contributed by atoms with Crippen LogP contribution in [-0.4, -0.2) is 30.6 Å². The quantitative estimate of drug-likeness (QED) is 0.756. The number of nitrogens with one attached hydrogen (secondary N) is 1. The number of hydrogen-bond donors (Lipinski definition) is 1. The van der Waals surface area contributed by atoms with Gasteiger partial charge in [0.2, 0.25) is 0 Å². The van der Waals surface area contributed by atoms with E-state index >= 15 is 0 Å². The van der Waals surface area contributed by atoms with Gasteiger partial charge in [0, 0.05) is 12.6 Å². The smallest absolute Gasteiger partial charge is 0.377 e. The van der Waals surface area contributed by atoms with Gasteiger partial charge < -0.3 is 10.1 Å². The first kappa shape index (κ1) is 11.8. The molecule has 1 aliphatic carbocycles. The van der Waals surface area contributed by atoms with Crippen molar-refractivity contribution in [1.82, 2.24) is 5.32 Å². The van der Waals surface area contributed by atoms with Crippen LogP contribution in [0.15, 0.2) is 0 Å². The van der Waals surface area contributed by atoms with Gasteiger partial charge in [-0.05, 0) is 12.8 Å². The van der Waals surface area contributed by atoms with Gasteiger partial charge >= 0.3 is 11.9 Å². The summed E-state index contributed by atoms with van der Waals surface area (Å²) in [6.07, 6.45) is 4.69. The number of carbonyl (C=O) groups excluding carboxylic acids is 1. The molecule has 92 valence electrons. The van der Waals surface area contributed by atoms with E-state index in [2.05, 4.69) is 10.1 Å². The maximum Gasteiger partial charge on any atom is 0.377 e. The van der Waals surface area contributed by atoms with Crippen molar-refractivity contribution in [2.24, 2.45) is 0 Å². The van der Waals surface area contributed by atoms with Gasteiger partial charge in [-0.25, -0.2) is 4.79 Å². The summed E-state index contributed by atoms with van der Waals surface area (Å²) in [6.45, 7) is 0.353. The van der Waals surface area contributed by atoms with E-state index in [9.17, 15) is 13.6 Å². The predicted octanol–water partition coefficient (Wildman–Crippen LogP) is 1.86. The fraction of sp³-hybridized carbons (Fsp3) is 0.909. The molecule has 16 heavy (non-hydrogen) atoms. The molecule has 1 atom stereocenters. The van der Waals surface area contributed by atoms with Crippen LogP contribution in [0.2, 0.25) is 0 Å². The molecule has 1 N–H and O–H groups in total. The van der Waals surface area contributed by atoms with Crippen LogP contribution in [0.3, 0.4) is 0 Å². The van der Waals surface area contributed by atoms with E-state index in [1.54, 1.807) is 0 Å². The lowest BCUT2D eigenvalue weighted by Gasteiger charge is -2.23. The van der Waals surface area contributed by atoms with Crippen LogP contribution >= 0.6 is 0 Å². The lowest BCUT2D eigenvalue weighted by molar-refractivity contribution is -0.159. The number of halogens is 2. The minimum atomic E-state index is -3.28. The van der Waals surface area contributed by atoms with Gasteiger partial charge in [0.25, 0.3) is 0 Å². The lowest BCUT2D eigenvalue weighted by Crippen LogP contribution is -2.36. The summed E-state index contributed by atoms with van der Waals surface area (Å²) in [5.41, 5.74) is 0. The van der Waals surface area contributed by atoms with Gasteiger partial charge in [0.1, 0.15) is 6.10 Å². The van der Waals surface area contributed by atoms with Crippen LogP contribution in [0.5, 0.6) is 0 Å². The van der Waals surface area contributed by atoms with Gasteiger partial charge in [-0.2, -0.15) is 8.78 Å². The second kappa shape index (κ2) is 4.65. The largest absolute Gasteiger partial charge is 0.456 e. The zero-order valence-electron chi connectivity index (χ0n) is 9.18. The normalized spacial score (nSPS) is 30.4. The second-order valence-electron chi connectivity index (χ2n) is 4.68. The van der Waals surface area contributed by atoms with Crippen molar-refractivity contribution in [1.29, 1.82) is 0 Å². The fourth-order valence-electron chi connectivity index (χ4n) is 2.37. The Morgan fingerprint density at radius 2 is 2.00 bits per heavy atom. The summed E-state index contributed by atoms with van der Waals surface area (Å²) in [6, 6.07) is 0.404. The molecular formula is C11H17F2NO2. The monoisotopic (exact) mass is 233 g/mol. The Morgan fingerprint density at radius 1 is 1.31 bits per heavy atom. The Balaban J connectivity index is 1.73. The van der Waals surface area contributed by atoms with Crippen molar-refractivity contribution in [3.63, 3.8) is 0 Å². The van der Waals surface area contributed by atoms with E-state index in [0.717, 1.165) is 12.8 Å². The Kier molecular flexibility index (Phi) is 3.42. The molecule has 1 saturated carbocycles. The molecule has 0 amide bonds. The van der Waals surface area contributed by atoms with E-state index in [1.165, 1.54) is 19.3 Å². The minimum absolute atomic E-state index is 0.353. The Bertz CT molecular complexity index is 265. The van der Waals surface area contributed by atoms with Crippen molar-refractivity contribution in [2.45, 2.75) is 56.6 Å². The van der Waals surface area contributed by atoms with Crippen molar-refractivity contribution in [3.8, 4) is 0 Å². The van der Waals surface area contributed by atoms with Crippen molar-refractivity contribution < 1.29 is 18.3 Å². The van der Waals surface area contributed by atoms with Crippen LogP contribution in [-0.2, 0) is 9.53 Å². The molecule has 5 heteroatoms. The number of rotatable bonds is 3. The topological polar surface area (TPSA) is 38.3 Å². The average Bonchev–Trinajstić information content (AvgIpc) is 2.52. The second-order valence-corrected chi connectivity index (χ2v) is 4.68. The molecule has 0 radical (unpaired) electrons. The standard InChI is InChI=1S/C11H17F2NO2/c12-11(13)6-9(16-10(11)15)7-14-8-4-2-1-3-5-8/h8-9,14H,1-7H2. The number of hydrogen-bond acceptors (Lipinski definition) is 3. The summed E-state index contributed by atoms with van der Waals surface area (Å²) in [7, 11) is 0. The first-order valence-electron chi connectivity index (χ1n) is 5.90. The van der Waals surface area contributed by atoms with Gasteiger partial charge in [-0.1, -0.05) is 19.3 Å². The molecule has 3 nitrogen and oxygen atoms in total. The number of cyclic esters (lactones) is 1. The Hall–Kier alpha value is -0.710. The molecule has 0 aromatic carbocycles. The van der Waals surface area contributed by atoms with Crippen molar-refractivity contribution in [3.05, 3.63) is 0 Å². The Morgan fingerprint density at radius 3 is 2.56 bits per heavy atom. The fourth-order valence-corrected chi connectivity index (χ4v) is 2.37. The highest BCUT2D eigenvalue weighted by atomic mass is 19.3.